The number of nitrogens with zero attached hydrogens (tertiary/aromatic N) is 3. The molecule has 0 spiro atoms. The number of anilines is 1. The largest absolute Gasteiger partial charge is 0.368 e. The molecule has 1 fully saturated rings. The molecule has 1 aliphatic heterocycles. The third-order valence-corrected chi connectivity index (χ3v) is 6.59. The number of benzene rings is 2. The summed E-state index contributed by atoms with van der Waals surface area (Å²) >= 11 is 6.23. The Hall–Kier alpha value is -3.49. The van der Waals surface area contributed by atoms with Crippen LogP contribution in [0.4, 0.5) is 5.82 Å². The third-order valence-electron chi connectivity index (χ3n) is 6.35. The summed E-state index contributed by atoms with van der Waals surface area (Å²) in [5.74, 6) is 1.51. The van der Waals surface area contributed by atoms with Crippen LogP contribution in [0.5, 0.6) is 0 Å². The lowest BCUT2D eigenvalue weighted by atomic mass is 9.85. The summed E-state index contributed by atoms with van der Waals surface area (Å²) in [7, 11) is 0. The molecule has 3 N–H and O–H groups in total. The summed E-state index contributed by atoms with van der Waals surface area (Å²) in [6.45, 7) is 4.75. The average Bonchev–Trinajstić information content (AvgIpc) is 2.87. The average molecular weight is 521 g/mol. The van der Waals surface area contributed by atoms with E-state index in [2.05, 4.69) is 22.1 Å². The van der Waals surface area contributed by atoms with Crippen LogP contribution in [0.15, 0.2) is 60.7 Å². The monoisotopic (exact) mass is 520 g/mol. The number of rotatable bonds is 9. The van der Waals surface area contributed by atoms with Gasteiger partial charge in [0.25, 0.3) is 0 Å². The van der Waals surface area contributed by atoms with E-state index >= 15 is 0 Å². The van der Waals surface area contributed by atoms with Crippen LogP contribution in [-0.4, -0.2) is 46.4 Å². The van der Waals surface area contributed by atoms with Crippen LogP contribution in [0.3, 0.4) is 0 Å². The van der Waals surface area contributed by atoms with Crippen molar-refractivity contribution in [2.24, 2.45) is 5.92 Å². The molecule has 2 amide bonds. The van der Waals surface area contributed by atoms with Gasteiger partial charge in [-0.15, -0.1) is 0 Å². The molecule has 2 unspecified atom stereocenters. The zero-order valence-corrected chi connectivity index (χ0v) is 22.0. The lowest BCUT2D eigenvalue weighted by Crippen LogP contribution is -2.48. The number of aromatic nitrogens is 2. The normalized spacial score (nSPS) is 17.7. The lowest BCUT2D eigenvalue weighted by Gasteiger charge is -2.39. The standard InChI is InChI=1S/C28H33ClN6O2/c1-19(36)30-12-13-31-27-18-25(32-28(33-27)23-8-4-3-5-9-23)26-17-22(11-14-35(26)34-20(2)37)15-21-7-6-10-24(29)16-21/h3-10,16,18,22,26H,11-15,17H2,1-2H3,(H,30,36)(H,34,37)(H,31,32,33). The molecule has 2 atom stereocenters. The highest BCUT2D eigenvalue weighted by Crippen LogP contribution is 2.35. The van der Waals surface area contributed by atoms with Crippen LogP contribution in [0.1, 0.15) is 44.0 Å². The lowest BCUT2D eigenvalue weighted by molar-refractivity contribution is -0.126. The summed E-state index contributed by atoms with van der Waals surface area (Å²) < 4.78 is 0. The highest BCUT2D eigenvalue weighted by molar-refractivity contribution is 6.30. The number of nitrogens with one attached hydrogen (secondary N) is 3. The molecule has 0 radical (unpaired) electrons. The van der Waals surface area contributed by atoms with Crippen molar-refractivity contribution in [1.29, 1.82) is 0 Å². The van der Waals surface area contributed by atoms with Gasteiger partial charge in [0, 0.05) is 50.1 Å². The predicted molar refractivity (Wildman–Crippen MR) is 146 cm³/mol. The molecule has 1 aliphatic rings. The Bertz CT molecular complexity index is 1220. The number of halogens is 1. The van der Waals surface area contributed by atoms with Crippen molar-refractivity contribution >= 4 is 29.2 Å². The number of hydrazine groups is 1. The summed E-state index contributed by atoms with van der Waals surface area (Å²) in [6, 6.07) is 19.7. The quantitative estimate of drug-likeness (QED) is 0.362. The fourth-order valence-corrected chi connectivity index (χ4v) is 4.92. The van der Waals surface area contributed by atoms with Gasteiger partial charge in [-0.3, -0.25) is 15.0 Å². The van der Waals surface area contributed by atoms with Crippen molar-refractivity contribution in [3.63, 3.8) is 0 Å². The molecule has 0 saturated carbocycles. The van der Waals surface area contributed by atoms with Crippen molar-refractivity contribution in [1.82, 2.24) is 25.7 Å². The second kappa shape index (κ2) is 12.7. The van der Waals surface area contributed by atoms with E-state index in [4.69, 9.17) is 21.6 Å². The van der Waals surface area contributed by atoms with Gasteiger partial charge in [0.15, 0.2) is 5.82 Å². The Kier molecular flexibility index (Phi) is 9.09. The molecule has 0 bridgehead atoms. The zero-order chi connectivity index (χ0) is 26.2. The van der Waals surface area contributed by atoms with E-state index in [-0.39, 0.29) is 17.9 Å². The second-order valence-corrected chi connectivity index (χ2v) is 9.82. The van der Waals surface area contributed by atoms with E-state index in [0.29, 0.717) is 37.2 Å². The fourth-order valence-electron chi connectivity index (χ4n) is 4.71. The first-order valence-electron chi connectivity index (χ1n) is 12.6. The number of hydrogen-bond donors (Lipinski definition) is 3. The molecular weight excluding hydrogens is 488 g/mol. The summed E-state index contributed by atoms with van der Waals surface area (Å²) in [6.07, 6.45) is 2.68. The summed E-state index contributed by atoms with van der Waals surface area (Å²) in [5, 5.41) is 8.84. The van der Waals surface area contributed by atoms with Crippen molar-refractivity contribution in [2.75, 3.05) is 25.0 Å². The molecule has 1 saturated heterocycles. The first-order valence-corrected chi connectivity index (χ1v) is 13.0. The molecule has 9 heteroatoms. The highest BCUT2D eigenvalue weighted by atomic mass is 35.5. The van der Waals surface area contributed by atoms with Crippen LogP contribution in [0.25, 0.3) is 11.4 Å². The zero-order valence-electron chi connectivity index (χ0n) is 21.2. The maximum absolute atomic E-state index is 12.0. The Morgan fingerprint density at radius 3 is 2.54 bits per heavy atom. The number of carbonyl (C=O) groups excluding carboxylic acids is 2. The number of piperidine rings is 1. The fraction of sp³-hybridized carbons (Fsp3) is 0.357. The third kappa shape index (κ3) is 7.74. The van der Waals surface area contributed by atoms with Gasteiger partial charge in [-0.2, -0.15) is 0 Å². The Balaban J connectivity index is 1.63. The summed E-state index contributed by atoms with van der Waals surface area (Å²) in [4.78, 5) is 33.0. The minimum atomic E-state index is -0.122. The molecule has 37 heavy (non-hydrogen) atoms. The van der Waals surface area contributed by atoms with Crippen molar-refractivity contribution < 1.29 is 9.59 Å². The Morgan fingerprint density at radius 1 is 1.00 bits per heavy atom. The Labute approximate surface area is 222 Å². The van der Waals surface area contributed by atoms with Crippen LogP contribution in [0, 0.1) is 5.92 Å². The van der Waals surface area contributed by atoms with Crippen molar-refractivity contribution in [3.05, 3.63) is 76.9 Å². The molecule has 2 aromatic carbocycles. The molecule has 1 aromatic heterocycles. The number of amides is 2. The molecule has 3 aromatic rings. The van der Waals surface area contributed by atoms with Gasteiger partial charge in [-0.1, -0.05) is 54.1 Å². The van der Waals surface area contributed by atoms with Gasteiger partial charge < -0.3 is 10.6 Å². The van der Waals surface area contributed by atoms with Crippen LogP contribution < -0.4 is 16.1 Å². The van der Waals surface area contributed by atoms with Gasteiger partial charge in [-0.05, 0) is 42.9 Å². The van der Waals surface area contributed by atoms with E-state index in [0.717, 1.165) is 35.5 Å². The maximum Gasteiger partial charge on any atom is 0.231 e. The smallest absolute Gasteiger partial charge is 0.231 e. The van der Waals surface area contributed by atoms with E-state index < -0.39 is 0 Å². The van der Waals surface area contributed by atoms with E-state index in [1.165, 1.54) is 19.4 Å². The van der Waals surface area contributed by atoms with Crippen molar-refractivity contribution in [2.45, 2.75) is 39.2 Å². The second-order valence-electron chi connectivity index (χ2n) is 9.38. The molecule has 2 heterocycles. The topological polar surface area (TPSA) is 99.2 Å². The highest BCUT2D eigenvalue weighted by Gasteiger charge is 2.32. The van der Waals surface area contributed by atoms with Crippen LogP contribution in [0.2, 0.25) is 5.02 Å². The predicted octanol–water partition coefficient (Wildman–Crippen LogP) is 4.39. The van der Waals surface area contributed by atoms with Gasteiger partial charge >= 0.3 is 0 Å². The van der Waals surface area contributed by atoms with Gasteiger partial charge in [0.2, 0.25) is 11.8 Å². The molecule has 0 aliphatic carbocycles. The van der Waals surface area contributed by atoms with Crippen LogP contribution in [-0.2, 0) is 16.0 Å². The maximum atomic E-state index is 12.0. The minimum Gasteiger partial charge on any atom is -0.368 e. The van der Waals surface area contributed by atoms with Gasteiger partial charge in [-0.25, -0.2) is 15.0 Å². The van der Waals surface area contributed by atoms with Gasteiger partial charge in [0.1, 0.15) is 5.82 Å². The van der Waals surface area contributed by atoms with Crippen LogP contribution >= 0.6 is 11.6 Å². The first-order chi connectivity index (χ1) is 17.9. The summed E-state index contributed by atoms with van der Waals surface area (Å²) in [5.41, 5.74) is 5.96. The first kappa shape index (κ1) is 26.6. The number of hydrogen-bond acceptors (Lipinski definition) is 6. The Morgan fingerprint density at radius 2 is 1.81 bits per heavy atom. The molecular formula is C28H33ClN6O2. The minimum absolute atomic E-state index is 0.0750. The van der Waals surface area contributed by atoms with E-state index in [9.17, 15) is 9.59 Å². The van der Waals surface area contributed by atoms with E-state index in [1.807, 2.05) is 59.6 Å². The number of carbonyl (C=O) groups is 2. The molecule has 194 valence electrons. The molecule has 8 nitrogen and oxygen atoms in total. The van der Waals surface area contributed by atoms with E-state index in [1.54, 1.807) is 0 Å². The molecule has 4 rings (SSSR count). The van der Waals surface area contributed by atoms with Crippen molar-refractivity contribution in [3.8, 4) is 11.4 Å². The van der Waals surface area contributed by atoms with Gasteiger partial charge in [0.05, 0.1) is 11.7 Å². The SMILES string of the molecule is CC(=O)NCCNc1cc(C2CC(Cc3cccc(Cl)c3)CCN2NC(C)=O)nc(-c2ccccc2)n1.